The maximum atomic E-state index is 13.4. The lowest BCUT2D eigenvalue weighted by atomic mass is 9.67. The Hall–Kier alpha value is -0.370. The second-order valence-electron chi connectivity index (χ2n) is 4.26. The summed E-state index contributed by atoms with van der Waals surface area (Å²) in [6.45, 7) is 0. The largest absolute Gasteiger partial charge is 0.207 e. The number of hydrogen-bond donors (Lipinski definition) is 0. The molecule has 1 aliphatic rings. The first-order chi connectivity index (χ1) is 6.76. The molecule has 1 saturated carbocycles. The van der Waals surface area contributed by atoms with E-state index in [1.54, 1.807) is 12.1 Å². The van der Waals surface area contributed by atoms with Gasteiger partial charge in [0.2, 0.25) is 0 Å². The zero-order valence-corrected chi connectivity index (χ0v) is 9.69. The van der Waals surface area contributed by atoms with Crippen LogP contribution in [0.4, 0.5) is 4.39 Å². The molecule has 0 spiro atoms. The first-order valence-electron chi connectivity index (χ1n) is 5.05. The SMILES string of the molecule is Fc1ccccc1CC1(CBr)CCC1. The maximum absolute atomic E-state index is 13.4. The summed E-state index contributed by atoms with van der Waals surface area (Å²) in [5, 5.41) is 0.994. The summed E-state index contributed by atoms with van der Waals surface area (Å²) in [5.41, 5.74) is 1.20. The number of alkyl halides is 1. The van der Waals surface area contributed by atoms with Crippen LogP contribution in [0, 0.1) is 11.2 Å². The van der Waals surface area contributed by atoms with Crippen LogP contribution in [0.3, 0.4) is 0 Å². The van der Waals surface area contributed by atoms with Crippen LogP contribution in [0.25, 0.3) is 0 Å². The number of rotatable bonds is 3. The fourth-order valence-corrected chi connectivity index (χ4v) is 2.84. The number of hydrogen-bond acceptors (Lipinski definition) is 0. The molecule has 0 saturated heterocycles. The monoisotopic (exact) mass is 256 g/mol. The molecule has 2 rings (SSSR count). The predicted octanol–water partition coefficient (Wildman–Crippen LogP) is 3.93. The minimum Gasteiger partial charge on any atom is -0.207 e. The van der Waals surface area contributed by atoms with Gasteiger partial charge in [-0.15, -0.1) is 0 Å². The van der Waals surface area contributed by atoms with Crippen molar-refractivity contribution in [2.24, 2.45) is 5.41 Å². The van der Waals surface area contributed by atoms with Gasteiger partial charge in [0.15, 0.2) is 0 Å². The van der Waals surface area contributed by atoms with Crippen LogP contribution in [0.15, 0.2) is 24.3 Å². The molecule has 2 heteroatoms. The van der Waals surface area contributed by atoms with Gasteiger partial charge in [0.1, 0.15) is 5.82 Å². The van der Waals surface area contributed by atoms with E-state index in [-0.39, 0.29) is 5.82 Å². The Kier molecular flexibility index (Phi) is 2.91. The van der Waals surface area contributed by atoms with Gasteiger partial charge >= 0.3 is 0 Å². The van der Waals surface area contributed by atoms with E-state index in [0.717, 1.165) is 17.3 Å². The van der Waals surface area contributed by atoms with Crippen molar-refractivity contribution in [3.05, 3.63) is 35.6 Å². The Balaban J connectivity index is 2.13. The lowest BCUT2D eigenvalue weighted by Crippen LogP contribution is -2.33. The Morgan fingerprint density at radius 3 is 2.50 bits per heavy atom. The Bertz CT molecular complexity index is 312. The van der Waals surface area contributed by atoms with E-state index in [1.807, 2.05) is 12.1 Å². The van der Waals surface area contributed by atoms with Crippen molar-refractivity contribution in [3.63, 3.8) is 0 Å². The number of benzene rings is 1. The second-order valence-corrected chi connectivity index (χ2v) is 4.82. The van der Waals surface area contributed by atoms with E-state index in [9.17, 15) is 4.39 Å². The van der Waals surface area contributed by atoms with Gasteiger partial charge in [-0.2, -0.15) is 0 Å². The average Bonchev–Trinajstić information content (AvgIpc) is 2.14. The molecule has 1 aliphatic carbocycles. The molecule has 0 heterocycles. The molecule has 14 heavy (non-hydrogen) atoms. The maximum Gasteiger partial charge on any atom is 0.126 e. The van der Waals surface area contributed by atoms with Crippen LogP contribution in [0.1, 0.15) is 24.8 Å². The standard InChI is InChI=1S/C12H14BrF/c13-9-12(6-3-7-12)8-10-4-1-2-5-11(10)14/h1-2,4-5H,3,6-9H2. The van der Waals surface area contributed by atoms with Gasteiger partial charge in [0.25, 0.3) is 0 Å². The van der Waals surface area contributed by atoms with Gasteiger partial charge in [-0.3, -0.25) is 0 Å². The van der Waals surface area contributed by atoms with E-state index in [2.05, 4.69) is 15.9 Å². The quantitative estimate of drug-likeness (QED) is 0.719. The summed E-state index contributed by atoms with van der Waals surface area (Å²) in [7, 11) is 0. The number of halogens is 2. The molecule has 0 unspecified atom stereocenters. The van der Waals surface area contributed by atoms with Crippen molar-refractivity contribution in [1.82, 2.24) is 0 Å². The average molecular weight is 257 g/mol. The molecule has 76 valence electrons. The van der Waals surface area contributed by atoms with Crippen LogP contribution >= 0.6 is 15.9 Å². The summed E-state index contributed by atoms with van der Waals surface area (Å²) < 4.78 is 13.4. The second kappa shape index (κ2) is 4.01. The highest BCUT2D eigenvalue weighted by Crippen LogP contribution is 2.45. The summed E-state index contributed by atoms with van der Waals surface area (Å²) in [6.07, 6.45) is 4.63. The van der Waals surface area contributed by atoms with E-state index in [0.29, 0.717) is 5.41 Å². The molecule has 0 aromatic heterocycles. The van der Waals surface area contributed by atoms with Gasteiger partial charge < -0.3 is 0 Å². The molecule has 1 aromatic rings. The van der Waals surface area contributed by atoms with Gasteiger partial charge in [-0.25, -0.2) is 4.39 Å². The molecule has 0 nitrogen and oxygen atoms in total. The molecule has 1 aromatic carbocycles. The Morgan fingerprint density at radius 2 is 2.00 bits per heavy atom. The van der Waals surface area contributed by atoms with E-state index >= 15 is 0 Å². The summed E-state index contributed by atoms with van der Waals surface area (Å²) >= 11 is 3.54. The predicted molar refractivity (Wildman–Crippen MR) is 60.2 cm³/mol. The topological polar surface area (TPSA) is 0 Å². The summed E-state index contributed by atoms with van der Waals surface area (Å²) in [4.78, 5) is 0. The van der Waals surface area contributed by atoms with Crippen molar-refractivity contribution in [2.45, 2.75) is 25.7 Å². The minimum absolute atomic E-state index is 0.0558. The van der Waals surface area contributed by atoms with Crippen molar-refractivity contribution in [3.8, 4) is 0 Å². The van der Waals surface area contributed by atoms with Crippen LogP contribution in [-0.4, -0.2) is 5.33 Å². The highest BCUT2D eigenvalue weighted by molar-refractivity contribution is 9.09. The van der Waals surface area contributed by atoms with Crippen LogP contribution in [0.2, 0.25) is 0 Å². The minimum atomic E-state index is -0.0558. The van der Waals surface area contributed by atoms with Gasteiger partial charge in [-0.05, 0) is 36.3 Å². The van der Waals surface area contributed by atoms with Crippen LogP contribution in [-0.2, 0) is 6.42 Å². The van der Waals surface area contributed by atoms with E-state index < -0.39 is 0 Å². The lowest BCUT2D eigenvalue weighted by molar-refractivity contribution is 0.168. The lowest BCUT2D eigenvalue weighted by Gasteiger charge is -2.40. The Morgan fingerprint density at radius 1 is 1.29 bits per heavy atom. The first kappa shape index (κ1) is 10.2. The fourth-order valence-electron chi connectivity index (χ4n) is 2.08. The first-order valence-corrected chi connectivity index (χ1v) is 6.17. The van der Waals surface area contributed by atoms with E-state index in [4.69, 9.17) is 0 Å². The van der Waals surface area contributed by atoms with Gasteiger partial charge in [0.05, 0.1) is 0 Å². The molecule has 0 amide bonds. The zero-order valence-electron chi connectivity index (χ0n) is 8.10. The van der Waals surface area contributed by atoms with Crippen molar-refractivity contribution in [2.75, 3.05) is 5.33 Å². The normalized spacial score (nSPS) is 19.0. The third-order valence-corrected chi connectivity index (χ3v) is 4.41. The fraction of sp³-hybridized carbons (Fsp3) is 0.500. The molecule has 1 fully saturated rings. The molecule has 0 atom stereocenters. The van der Waals surface area contributed by atoms with Crippen LogP contribution < -0.4 is 0 Å². The van der Waals surface area contributed by atoms with Gasteiger partial charge in [0, 0.05) is 5.33 Å². The van der Waals surface area contributed by atoms with Crippen molar-refractivity contribution in [1.29, 1.82) is 0 Å². The van der Waals surface area contributed by atoms with Crippen molar-refractivity contribution >= 4 is 15.9 Å². The van der Waals surface area contributed by atoms with Crippen LogP contribution in [0.5, 0.6) is 0 Å². The molecular formula is C12H14BrF. The third-order valence-electron chi connectivity index (χ3n) is 3.22. The summed E-state index contributed by atoms with van der Waals surface area (Å²) in [6, 6.07) is 7.12. The highest BCUT2D eigenvalue weighted by atomic mass is 79.9. The molecule has 0 aliphatic heterocycles. The van der Waals surface area contributed by atoms with Gasteiger partial charge in [-0.1, -0.05) is 40.5 Å². The zero-order chi connectivity index (χ0) is 10.0. The molecular weight excluding hydrogens is 243 g/mol. The smallest absolute Gasteiger partial charge is 0.126 e. The Labute approximate surface area is 92.6 Å². The summed E-state index contributed by atoms with van der Waals surface area (Å²) in [5.74, 6) is -0.0558. The molecule has 0 radical (unpaired) electrons. The third kappa shape index (κ3) is 1.85. The molecule has 0 N–H and O–H groups in total. The van der Waals surface area contributed by atoms with Crippen molar-refractivity contribution < 1.29 is 4.39 Å². The van der Waals surface area contributed by atoms with E-state index in [1.165, 1.54) is 19.3 Å². The molecule has 0 bridgehead atoms. The highest BCUT2D eigenvalue weighted by Gasteiger charge is 2.36.